The minimum Gasteiger partial charge on any atom is -0.478 e. The van der Waals surface area contributed by atoms with Crippen LogP contribution in [0.15, 0.2) is 57.8 Å². The average molecular weight is 342 g/mol. The van der Waals surface area contributed by atoms with E-state index >= 15 is 0 Å². The highest BCUT2D eigenvalue weighted by molar-refractivity contribution is 7.98. The van der Waals surface area contributed by atoms with Crippen LogP contribution in [0, 0.1) is 6.92 Å². The molecule has 0 spiro atoms. The van der Waals surface area contributed by atoms with Gasteiger partial charge in [0.05, 0.1) is 5.56 Å². The molecule has 0 radical (unpaired) electrons. The maximum atomic E-state index is 11.6. The minimum absolute atomic E-state index is 0.272. The maximum absolute atomic E-state index is 11.6. The zero-order valence-corrected chi connectivity index (χ0v) is 15.0. The number of benzene rings is 2. The fourth-order valence-electron chi connectivity index (χ4n) is 2.42. The van der Waals surface area contributed by atoms with Gasteiger partial charge in [0.15, 0.2) is 0 Å². The van der Waals surface area contributed by atoms with Crippen molar-refractivity contribution in [1.29, 1.82) is 0 Å². The van der Waals surface area contributed by atoms with Crippen LogP contribution >= 0.6 is 11.9 Å². The monoisotopic (exact) mass is 342 g/mol. The van der Waals surface area contributed by atoms with Gasteiger partial charge in [0, 0.05) is 35.5 Å². The van der Waals surface area contributed by atoms with Crippen molar-refractivity contribution in [1.82, 2.24) is 4.90 Å². The van der Waals surface area contributed by atoms with Crippen LogP contribution in [0.1, 0.15) is 35.3 Å². The number of rotatable bonds is 6. The minimum atomic E-state index is -0.939. The zero-order valence-electron chi connectivity index (χ0n) is 14.2. The topological polar surface area (TPSA) is 52.9 Å². The standard InChI is InChI=1S/C19H22N2O2S/c1-4-21(5-2)18(15-11-7-8-12-16(15)19(22)23)20-24-17-13-9-6-10-14(17)3/h6-13H,4-5H2,1-3H3,(H,22,23)/b20-18+. The van der Waals surface area contributed by atoms with Crippen molar-refractivity contribution in [3.8, 4) is 0 Å². The van der Waals surface area contributed by atoms with Gasteiger partial charge in [-0.05, 0) is 38.5 Å². The number of aromatic carboxylic acids is 1. The third-order valence-electron chi connectivity index (χ3n) is 3.79. The van der Waals surface area contributed by atoms with Crippen molar-refractivity contribution in [3.63, 3.8) is 0 Å². The number of amidine groups is 1. The second kappa shape index (κ2) is 8.55. The van der Waals surface area contributed by atoms with E-state index in [9.17, 15) is 9.90 Å². The Kier molecular flexibility index (Phi) is 6.44. The molecule has 2 aromatic rings. The summed E-state index contributed by atoms with van der Waals surface area (Å²) >= 11 is 1.38. The molecule has 2 aromatic carbocycles. The molecule has 0 bridgehead atoms. The lowest BCUT2D eigenvalue weighted by Gasteiger charge is -2.24. The number of nitrogens with zero attached hydrogens (tertiary/aromatic N) is 2. The molecule has 0 aliphatic heterocycles. The molecule has 5 heteroatoms. The van der Waals surface area contributed by atoms with E-state index in [4.69, 9.17) is 4.40 Å². The Morgan fingerprint density at radius 3 is 2.21 bits per heavy atom. The molecule has 4 nitrogen and oxygen atoms in total. The van der Waals surface area contributed by atoms with Crippen molar-refractivity contribution in [2.45, 2.75) is 25.7 Å². The fourth-order valence-corrected chi connectivity index (χ4v) is 3.17. The molecule has 1 N–H and O–H groups in total. The van der Waals surface area contributed by atoms with Crippen molar-refractivity contribution in [3.05, 3.63) is 65.2 Å². The normalized spacial score (nSPS) is 11.4. The molecule has 0 atom stereocenters. The van der Waals surface area contributed by atoms with Crippen molar-refractivity contribution < 1.29 is 9.90 Å². The van der Waals surface area contributed by atoms with Gasteiger partial charge in [0.2, 0.25) is 0 Å². The van der Waals surface area contributed by atoms with Gasteiger partial charge in [-0.3, -0.25) is 0 Å². The summed E-state index contributed by atoms with van der Waals surface area (Å²) in [6.07, 6.45) is 0. The highest BCUT2D eigenvalue weighted by atomic mass is 32.2. The first-order chi connectivity index (χ1) is 11.6. The Morgan fingerprint density at radius 1 is 1.04 bits per heavy atom. The van der Waals surface area contributed by atoms with E-state index < -0.39 is 5.97 Å². The summed E-state index contributed by atoms with van der Waals surface area (Å²) in [6.45, 7) is 7.65. The average Bonchev–Trinajstić information content (AvgIpc) is 2.60. The Labute approximate surface area is 147 Å². The molecule has 0 fully saturated rings. The molecule has 0 aromatic heterocycles. The zero-order chi connectivity index (χ0) is 17.5. The second-order valence-electron chi connectivity index (χ2n) is 5.29. The molecule has 0 amide bonds. The number of carboxylic acids is 1. The first-order valence-electron chi connectivity index (χ1n) is 7.96. The lowest BCUT2D eigenvalue weighted by atomic mass is 10.1. The van der Waals surface area contributed by atoms with Gasteiger partial charge < -0.3 is 10.0 Å². The number of aryl methyl sites for hydroxylation is 1. The third-order valence-corrected chi connectivity index (χ3v) is 4.70. The molecule has 0 aliphatic rings. The highest BCUT2D eigenvalue weighted by Crippen LogP contribution is 2.25. The molecule has 2 rings (SSSR count). The third kappa shape index (κ3) is 4.17. The smallest absolute Gasteiger partial charge is 0.336 e. The van der Waals surface area contributed by atoms with Gasteiger partial charge >= 0.3 is 5.97 Å². The predicted octanol–water partition coefficient (Wildman–Crippen LogP) is 4.49. The Bertz CT molecular complexity index is 740. The van der Waals surface area contributed by atoms with Crippen LogP contribution in [0.5, 0.6) is 0 Å². The number of hydrogen-bond donors (Lipinski definition) is 1. The van der Waals surface area contributed by atoms with Gasteiger partial charge in [0.25, 0.3) is 0 Å². The van der Waals surface area contributed by atoms with Crippen LogP contribution in [0.4, 0.5) is 0 Å². The summed E-state index contributed by atoms with van der Waals surface area (Å²) in [7, 11) is 0. The fraction of sp³-hybridized carbons (Fsp3) is 0.263. The van der Waals surface area contributed by atoms with Crippen molar-refractivity contribution in [2.24, 2.45) is 4.40 Å². The van der Waals surface area contributed by atoms with E-state index in [0.29, 0.717) is 11.4 Å². The van der Waals surface area contributed by atoms with Crippen LogP contribution in [0.3, 0.4) is 0 Å². The van der Waals surface area contributed by atoms with E-state index in [2.05, 4.69) is 4.90 Å². The molecular formula is C19H22N2O2S. The van der Waals surface area contributed by atoms with Crippen LogP contribution in [0.25, 0.3) is 0 Å². The van der Waals surface area contributed by atoms with Gasteiger partial charge in [-0.2, -0.15) is 4.40 Å². The van der Waals surface area contributed by atoms with E-state index in [1.54, 1.807) is 12.1 Å². The van der Waals surface area contributed by atoms with Crippen LogP contribution in [-0.4, -0.2) is 34.9 Å². The Hall–Kier alpha value is -2.27. The van der Waals surface area contributed by atoms with Gasteiger partial charge in [0.1, 0.15) is 5.84 Å². The molecule has 0 saturated heterocycles. The summed E-state index contributed by atoms with van der Waals surface area (Å²) in [6, 6.07) is 15.1. The predicted molar refractivity (Wildman–Crippen MR) is 99.9 cm³/mol. The lowest BCUT2D eigenvalue weighted by Crippen LogP contribution is -2.32. The molecule has 126 valence electrons. The molecule has 0 heterocycles. The summed E-state index contributed by atoms with van der Waals surface area (Å²) in [4.78, 5) is 14.7. The molecule has 24 heavy (non-hydrogen) atoms. The summed E-state index contributed by atoms with van der Waals surface area (Å²) in [5, 5.41) is 9.49. The van der Waals surface area contributed by atoms with E-state index in [1.807, 2.05) is 57.2 Å². The molecule has 0 unspecified atom stereocenters. The highest BCUT2D eigenvalue weighted by Gasteiger charge is 2.18. The Balaban J connectivity index is 2.48. The van der Waals surface area contributed by atoms with Gasteiger partial charge in [-0.25, -0.2) is 4.79 Å². The quantitative estimate of drug-likeness (QED) is 0.477. The molecule has 0 saturated carbocycles. The first kappa shape index (κ1) is 18.1. The van der Waals surface area contributed by atoms with E-state index in [0.717, 1.165) is 23.5 Å². The van der Waals surface area contributed by atoms with Crippen LogP contribution in [0.2, 0.25) is 0 Å². The number of carbonyl (C=O) groups is 1. The molecule has 0 aliphatic carbocycles. The molecular weight excluding hydrogens is 320 g/mol. The maximum Gasteiger partial charge on any atom is 0.336 e. The SMILES string of the molecule is CCN(CC)/C(=N/Sc1ccccc1C)c1ccccc1C(=O)O. The number of hydrogen-bond acceptors (Lipinski definition) is 3. The van der Waals surface area contributed by atoms with Crippen LogP contribution < -0.4 is 0 Å². The Morgan fingerprint density at radius 2 is 1.62 bits per heavy atom. The van der Waals surface area contributed by atoms with Crippen LogP contribution in [-0.2, 0) is 0 Å². The van der Waals surface area contributed by atoms with Crippen molar-refractivity contribution in [2.75, 3.05) is 13.1 Å². The van der Waals surface area contributed by atoms with Gasteiger partial charge in [-0.15, -0.1) is 0 Å². The second-order valence-corrected chi connectivity index (χ2v) is 6.10. The van der Waals surface area contributed by atoms with Crippen molar-refractivity contribution >= 4 is 23.8 Å². The first-order valence-corrected chi connectivity index (χ1v) is 8.74. The summed E-state index contributed by atoms with van der Waals surface area (Å²) in [5.41, 5.74) is 2.07. The lowest BCUT2D eigenvalue weighted by molar-refractivity contribution is 0.0696. The number of carboxylic acid groups (broad SMARTS) is 1. The van der Waals surface area contributed by atoms with Gasteiger partial charge in [-0.1, -0.05) is 36.4 Å². The summed E-state index contributed by atoms with van der Waals surface area (Å²) < 4.78 is 4.71. The largest absolute Gasteiger partial charge is 0.478 e. The van der Waals surface area contributed by atoms with E-state index in [-0.39, 0.29) is 5.56 Å². The van der Waals surface area contributed by atoms with E-state index in [1.165, 1.54) is 11.9 Å². The summed E-state index contributed by atoms with van der Waals surface area (Å²) in [5.74, 6) is -0.238.